The molecule has 0 radical (unpaired) electrons. The summed E-state index contributed by atoms with van der Waals surface area (Å²) >= 11 is 0. The fourth-order valence-corrected chi connectivity index (χ4v) is 3.10. The third-order valence-corrected chi connectivity index (χ3v) is 4.68. The molecule has 8 heteroatoms. The van der Waals surface area contributed by atoms with Crippen LogP contribution in [-0.2, 0) is 20.4 Å². The van der Waals surface area contributed by atoms with Gasteiger partial charge in [0.15, 0.2) is 9.84 Å². The second kappa shape index (κ2) is 6.91. The van der Waals surface area contributed by atoms with Crippen LogP contribution < -0.4 is 0 Å². The summed E-state index contributed by atoms with van der Waals surface area (Å²) in [6.07, 6.45) is 1.15. The monoisotopic (exact) mass is 340 g/mol. The van der Waals surface area contributed by atoms with Crippen LogP contribution in [0.3, 0.4) is 0 Å². The fourth-order valence-electron chi connectivity index (χ4n) is 1.89. The number of sulfone groups is 1. The lowest BCUT2D eigenvalue weighted by Crippen LogP contribution is -2.24. The summed E-state index contributed by atoms with van der Waals surface area (Å²) < 4.78 is 42.4. The number of carbonyl (C=O) groups is 1. The van der Waals surface area contributed by atoms with Crippen molar-refractivity contribution in [3.8, 4) is 11.5 Å². The van der Waals surface area contributed by atoms with Crippen LogP contribution in [0.15, 0.2) is 34.9 Å². The molecule has 1 aromatic heterocycles. The van der Waals surface area contributed by atoms with E-state index in [0.29, 0.717) is 5.56 Å². The second-order valence-corrected chi connectivity index (χ2v) is 7.47. The van der Waals surface area contributed by atoms with Gasteiger partial charge >= 0.3 is 0 Å². The summed E-state index contributed by atoms with van der Waals surface area (Å²) in [5.41, 5.74) is 0.651. The van der Waals surface area contributed by atoms with Gasteiger partial charge in [-0.2, -0.15) is 0 Å². The summed E-state index contributed by atoms with van der Waals surface area (Å²) in [6.45, 7) is 0. The highest BCUT2D eigenvalue weighted by atomic mass is 32.2. The van der Waals surface area contributed by atoms with Gasteiger partial charge in [0.1, 0.15) is 12.1 Å². The molecule has 1 aromatic carbocycles. The third kappa shape index (κ3) is 4.88. The number of oxazole rings is 1. The van der Waals surface area contributed by atoms with E-state index in [9.17, 15) is 17.6 Å². The highest BCUT2D eigenvalue weighted by molar-refractivity contribution is 7.90. The number of hydrogen-bond donors (Lipinski definition) is 0. The standard InChI is InChI=1S/C15H17FN2O4S/c1-18(2)14(19)6-7-23(20,21)10-13-9-22-15(17-13)11-4-3-5-12(16)8-11/h3-5,8-9H,6-7,10H2,1-2H3. The summed E-state index contributed by atoms with van der Waals surface area (Å²) in [5.74, 6) is -1.12. The molecule has 124 valence electrons. The van der Waals surface area contributed by atoms with E-state index in [-0.39, 0.29) is 35.4 Å². The van der Waals surface area contributed by atoms with E-state index >= 15 is 0 Å². The van der Waals surface area contributed by atoms with Gasteiger partial charge in [-0.15, -0.1) is 0 Å². The molecule has 0 aliphatic carbocycles. The minimum absolute atomic E-state index is 0.0794. The molecular weight excluding hydrogens is 323 g/mol. The molecule has 1 heterocycles. The van der Waals surface area contributed by atoms with E-state index in [0.717, 1.165) is 0 Å². The predicted octanol–water partition coefficient (Wildman–Crippen LogP) is 1.87. The first-order chi connectivity index (χ1) is 10.8. The van der Waals surface area contributed by atoms with Gasteiger partial charge in [0.05, 0.1) is 17.2 Å². The molecule has 0 saturated carbocycles. The third-order valence-electron chi connectivity index (χ3n) is 3.12. The Morgan fingerprint density at radius 1 is 1.35 bits per heavy atom. The number of rotatable bonds is 6. The van der Waals surface area contributed by atoms with Gasteiger partial charge < -0.3 is 9.32 Å². The van der Waals surface area contributed by atoms with Gasteiger partial charge in [0, 0.05) is 26.1 Å². The quantitative estimate of drug-likeness (QED) is 0.802. The molecule has 6 nitrogen and oxygen atoms in total. The number of amides is 1. The van der Waals surface area contributed by atoms with Crippen molar-refractivity contribution < 1.29 is 22.0 Å². The molecule has 2 aromatic rings. The maximum absolute atomic E-state index is 13.2. The molecule has 0 bridgehead atoms. The van der Waals surface area contributed by atoms with E-state index in [1.54, 1.807) is 20.2 Å². The lowest BCUT2D eigenvalue weighted by Gasteiger charge is -2.09. The smallest absolute Gasteiger partial charge is 0.226 e. The SMILES string of the molecule is CN(C)C(=O)CCS(=O)(=O)Cc1coc(-c2cccc(F)c2)n1. The van der Waals surface area contributed by atoms with Crippen LogP contribution in [0, 0.1) is 5.82 Å². The molecule has 0 saturated heterocycles. The summed E-state index contributed by atoms with van der Waals surface area (Å²) in [4.78, 5) is 16.9. The summed E-state index contributed by atoms with van der Waals surface area (Å²) in [6, 6.07) is 5.67. The Kier molecular flexibility index (Phi) is 5.15. The topological polar surface area (TPSA) is 80.5 Å². The van der Waals surface area contributed by atoms with Crippen molar-refractivity contribution in [2.75, 3.05) is 19.8 Å². The van der Waals surface area contributed by atoms with Gasteiger partial charge in [-0.1, -0.05) is 6.07 Å². The molecule has 0 aliphatic rings. The Hall–Kier alpha value is -2.22. The van der Waals surface area contributed by atoms with Crippen LogP contribution in [0.1, 0.15) is 12.1 Å². The number of halogens is 1. The first kappa shape index (κ1) is 17.1. The lowest BCUT2D eigenvalue weighted by atomic mass is 10.2. The fraction of sp³-hybridized carbons (Fsp3) is 0.333. The van der Waals surface area contributed by atoms with Crippen molar-refractivity contribution in [1.29, 1.82) is 0 Å². The van der Waals surface area contributed by atoms with Crippen molar-refractivity contribution in [3.05, 3.63) is 42.0 Å². The minimum atomic E-state index is -3.48. The van der Waals surface area contributed by atoms with Crippen molar-refractivity contribution >= 4 is 15.7 Å². The van der Waals surface area contributed by atoms with E-state index in [2.05, 4.69) is 4.98 Å². The van der Waals surface area contributed by atoms with Crippen LogP contribution >= 0.6 is 0 Å². The zero-order valence-corrected chi connectivity index (χ0v) is 13.6. The highest BCUT2D eigenvalue weighted by Gasteiger charge is 2.18. The molecule has 1 amide bonds. The molecule has 0 N–H and O–H groups in total. The maximum atomic E-state index is 13.2. The molecule has 0 unspecified atom stereocenters. The van der Waals surface area contributed by atoms with E-state index in [4.69, 9.17) is 4.42 Å². The molecule has 0 spiro atoms. The van der Waals surface area contributed by atoms with Crippen LogP contribution in [0.4, 0.5) is 4.39 Å². The van der Waals surface area contributed by atoms with Gasteiger partial charge in [-0.25, -0.2) is 17.8 Å². The van der Waals surface area contributed by atoms with Crippen LogP contribution in [0.2, 0.25) is 0 Å². The lowest BCUT2D eigenvalue weighted by molar-refractivity contribution is -0.128. The van der Waals surface area contributed by atoms with Crippen molar-refractivity contribution in [2.24, 2.45) is 0 Å². The van der Waals surface area contributed by atoms with Gasteiger partial charge in [0.25, 0.3) is 0 Å². The van der Waals surface area contributed by atoms with Crippen molar-refractivity contribution in [3.63, 3.8) is 0 Å². The number of hydrogen-bond acceptors (Lipinski definition) is 5. The van der Waals surface area contributed by atoms with Gasteiger partial charge in [-0.05, 0) is 18.2 Å². The number of nitrogens with zero attached hydrogens (tertiary/aromatic N) is 2. The maximum Gasteiger partial charge on any atom is 0.226 e. The van der Waals surface area contributed by atoms with Crippen molar-refractivity contribution in [1.82, 2.24) is 9.88 Å². The Morgan fingerprint density at radius 2 is 2.09 bits per heavy atom. The second-order valence-electron chi connectivity index (χ2n) is 5.28. The largest absolute Gasteiger partial charge is 0.444 e. The predicted molar refractivity (Wildman–Crippen MR) is 82.7 cm³/mol. The average molecular weight is 340 g/mol. The first-order valence-electron chi connectivity index (χ1n) is 6.88. The summed E-state index contributed by atoms with van der Waals surface area (Å²) in [5, 5.41) is 0. The Morgan fingerprint density at radius 3 is 2.74 bits per heavy atom. The molecule has 2 rings (SSSR count). The Bertz CT molecular complexity index is 799. The number of carbonyl (C=O) groups excluding carboxylic acids is 1. The normalized spacial score (nSPS) is 11.4. The molecule has 0 fully saturated rings. The minimum Gasteiger partial charge on any atom is -0.444 e. The first-order valence-corrected chi connectivity index (χ1v) is 8.70. The Balaban J connectivity index is 2.05. The van der Waals surface area contributed by atoms with E-state index in [1.165, 1.54) is 29.4 Å². The van der Waals surface area contributed by atoms with Crippen LogP contribution in [0.5, 0.6) is 0 Å². The molecule has 0 aliphatic heterocycles. The Labute approximate surface area is 133 Å². The van der Waals surface area contributed by atoms with Gasteiger partial charge in [-0.3, -0.25) is 4.79 Å². The van der Waals surface area contributed by atoms with Gasteiger partial charge in [0.2, 0.25) is 11.8 Å². The molecule has 23 heavy (non-hydrogen) atoms. The average Bonchev–Trinajstić information content (AvgIpc) is 2.92. The van der Waals surface area contributed by atoms with E-state index < -0.39 is 15.7 Å². The van der Waals surface area contributed by atoms with Crippen molar-refractivity contribution in [2.45, 2.75) is 12.2 Å². The van der Waals surface area contributed by atoms with E-state index in [1.807, 2.05) is 0 Å². The summed E-state index contributed by atoms with van der Waals surface area (Å²) in [7, 11) is -0.350. The van der Waals surface area contributed by atoms with Crippen LogP contribution in [-0.4, -0.2) is 44.1 Å². The number of aromatic nitrogens is 1. The zero-order chi connectivity index (χ0) is 17.0. The zero-order valence-electron chi connectivity index (χ0n) is 12.8. The highest BCUT2D eigenvalue weighted by Crippen LogP contribution is 2.20. The van der Waals surface area contributed by atoms with Crippen LogP contribution in [0.25, 0.3) is 11.5 Å². The number of benzene rings is 1. The molecule has 0 atom stereocenters. The molecular formula is C15H17FN2O4S.